The van der Waals surface area contributed by atoms with Crippen molar-refractivity contribution in [3.63, 3.8) is 0 Å². The van der Waals surface area contributed by atoms with Crippen molar-refractivity contribution in [2.45, 2.75) is 6.54 Å². The van der Waals surface area contributed by atoms with E-state index in [2.05, 4.69) is 31.0 Å². The molecule has 0 saturated heterocycles. The average Bonchev–Trinajstić information content (AvgIpc) is 3.19. The van der Waals surface area contributed by atoms with Crippen LogP contribution in [0.2, 0.25) is 0 Å². The molecule has 0 amide bonds. The Bertz CT molecular complexity index is 843. The van der Waals surface area contributed by atoms with Crippen LogP contribution in [0.1, 0.15) is 5.82 Å². The Labute approximate surface area is 124 Å². The van der Waals surface area contributed by atoms with Gasteiger partial charge in [0.15, 0.2) is 0 Å². The van der Waals surface area contributed by atoms with E-state index in [1.165, 1.54) is 6.20 Å². The Morgan fingerprint density at radius 1 is 1.50 bits per heavy atom. The summed E-state index contributed by atoms with van der Waals surface area (Å²) in [7, 11) is 0. The highest BCUT2D eigenvalue weighted by Gasteiger charge is 2.06. The van der Waals surface area contributed by atoms with E-state index in [-0.39, 0.29) is 18.0 Å². The van der Waals surface area contributed by atoms with Gasteiger partial charge in [-0.05, 0) is 23.4 Å². The summed E-state index contributed by atoms with van der Waals surface area (Å²) in [6, 6.07) is 7.66. The predicted octanol–water partition coefficient (Wildman–Crippen LogP) is 0.518. The van der Waals surface area contributed by atoms with Crippen molar-refractivity contribution >= 4 is 22.2 Å². The molecule has 1 aromatic carbocycles. The minimum Gasteiger partial charge on any atom is -0.394 e. The molecule has 0 atom stereocenters. The first-order valence-corrected chi connectivity index (χ1v) is 6.49. The molecule has 0 saturated carbocycles. The maximum absolute atomic E-state index is 9.09. The zero-order chi connectivity index (χ0) is 15.4. The van der Waals surface area contributed by atoms with Gasteiger partial charge in [0.25, 0.3) is 0 Å². The number of aliphatic hydroxyl groups is 1. The predicted molar refractivity (Wildman–Crippen MR) is 78.2 cm³/mol. The van der Waals surface area contributed by atoms with Crippen LogP contribution in [-0.2, 0) is 6.54 Å². The van der Waals surface area contributed by atoms with Crippen LogP contribution in [-0.4, -0.2) is 42.1 Å². The Morgan fingerprint density at radius 2 is 2.41 bits per heavy atom. The van der Waals surface area contributed by atoms with Gasteiger partial charge in [-0.3, -0.25) is 4.68 Å². The number of nitrogens with zero attached hydrogens (tertiary/aromatic N) is 6. The monoisotopic (exact) mass is 296 g/mol. The number of rotatable bonds is 5. The summed E-state index contributed by atoms with van der Waals surface area (Å²) in [5.41, 5.74) is 2.00. The molecule has 0 aliphatic rings. The molecule has 0 fully saturated rings. The highest BCUT2D eigenvalue weighted by molar-refractivity contribution is 5.83. The average molecular weight is 296 g/mol. The van der Waals surface area contributed by atoms with Crippen LogP contribution in [0, 0.1) is 11.3 Å². The first-order valence-electron chi connectivity index (χ1n) is 6.49. The number of fused-ring (bicyclic) bond motifs is 1. The summed E-state index contributed by atoms with van der Waals surface area (Å²) in [5, 5.41) is 39.5. The smallest absolute Gasteiger partial charge is 0.216 e. The Balaban J connectivity index is 1.84. The number of allylic oxidation sites excluding steroid dienone is 1. The van der Waals surface area contributed by atoms with Crippen molar-refractivity contribution in [3.8, 4) is 6.07 Å². The molecule has 3 N–H and O–H groups in total. The number of H-pyrrole nitrogens is 1. The van der Waals surface area contributed by atoms with Gasteiger partial charge in [-0.15, -0.1) is 10.2 Å². The highest BCUT2D eigenvalue weighted by Crippen LogP contribution is 2.19. The van der Waals surface area contributed by atoms with Gasteiger partial charge in [0, 0.05) is 17.3 Å². The fraction of sp³-hybridized carbons (Fsp3) is 0.154. The van der Waals surface area contributed by atoms with E-state index in [0.717, 1.165) is 16.6 Å². The van der Waals surface area contributed by atoms with E-state index in [9.17, 15) is 0 Å². The van der Waals surface area contributed by atoms with Crippen LogP contribution in [0.5, 0.6) is 0 Å². The number of aliphatic hydroxyl groups excluding tert-OH is 1. The molecule has 0 aliphatic heterocycles. The number of nitriles is 1. The van der Waals surface area contributed by atoms with Gasteiger partial charge >= 0.3 is 0 Å². The van der Waals surface area contributed by atoms with Crippen LogP contribution < -0.4 is 5.32 Å². The number of benzene rings is 1. The fourth-order valence-electron chi connectivity index (χ4n) is 2.03. The van der Waals surface area contributed by atoms with Crippen molar-refractivity contribution < 1.29 is 5.11 Å². The van der Waals surface area contributed by atoms with E-state index < -0.39 is 0 Å². The molecule has 9 nitrogen and oxygen atoms in total. The lowest BCUT2D eigenvalue weighted by Crippen LogP contribution is -2.03. The normalized spacial score (nSPS) is 11.5. The molecular formula is C13H12N8O. The second kappa shape index (κ2) is 6.02. The molecule has 2 heterocycles. The summed E-state index contributed by atoms with van der Waals surface area (Å²) in [6.07, 6.45) is 3.24. The van der Waals surface area contributed by atoms with Gasteiger partial charge in [-0.2, -0.15) is 15.6 Å². The maximum Gasteiger partial charge on any atom is 0.216 e. The molecule has 3 aromatic rings. The van der Waals surface area contributed by atoms with E-state index in [1.807, 2.05) is 24.3 Å². The second-order valence-corrected chi connectivity index (χ2v) is 4.41. The van der Waals surface area contributed by atoms with E-state index in [4.69, 9.17) is 10.4 Å². The lowest BCUT2D eigenvalue weighted by molar-refractivity contribution is 0.271. The van der Waals surface area contributed by atoms with Crippen LogP contribution in [0.3, 0.4) is 0 Å². The van der Waals surface area contributed by atoms with Crippen LogP contribution in [0.4, 0.5) is 5.69 Å². The quantitative estimate of drug-likeness (QED) is 0.585. The molecule has 9 heteroatoms. The molecular weight excluding hydrogens is 284 g/mol. The van der Waals surface area contributed by atoms with Crippen molar-refractivity contribution in [2.24, 2.45) is 0 Å². The number of aromatic nitrogens is 6. The number of hydrogen-bond donors (Lipinski definition) is 3. The maximum atomic E-state index is 9.09. The van der Waals surface area contributed by atoms with E-state index in [1.54, 1.807) is 10.9 Å². The number of aromatic amines is 1. The molecule has 0 bridgehead atoms. The van der Waals surface area contributed by atoms with Crippen LogP contribution in [0.25, 0.3) is 16.5 Å². The molecule has 2 aromatic heterocycles. The standard InChI is InChI=1S/C13H12N8O/c14-6-10(13-17-19-20-18-13)7-15-11-1-2-12-9(5-11)8-16-21(12)3-4-22/h1-2,5,7-8,15,22H,3-4H2,(H,17,18,19,20). The van der Waals surface area contributed by atoms with Crippen LogP contribution in [0.15, 0.2) is 30.6 Å². The Kier molecular flexibility index (Phi) is 3.76. The molecule has 3 rings (SSSR count). The minimum absolute atomic E-state index is 0.0374. The largest absolute Gasteiger partial charge is 0.394 e. The summed E-state index contributed by atoms with van der Waals surface area (Å²) in [4.78, 5) is 0. The van der Waals surface area contributed by atoms with Crippen molar-refractivity contribution in [1.29, 1.82) is 5.26 Å². The van der Waals surface area contributed by atoms with Gasteiger partial charge in [0.05, 0.1) is 24.9 Å². The molecule has 0 radical (unpaired) electrons. The molecule has 110 valence electrons. The second-order valence-electron chi connectivity index (χ2n) is 4.41. The van der Waals surface area contributed by atoms with E-state index in [0.29, 0.717) is 6.54 Å². The number of hydrogen-bond acceptors (Lipinski definition) is 7. The lowest BCUT2D eigenvalue weighted by atomic mass is 10.2. The molecule has 22 heavy (non-hydrogen) atoms. The summed E-state index contributed by atoms with van der Waals surface area (Å²) < 4.78 is 1.73. The third-order valence-corrected chi connectivity index (χ3v) is 3.04. The molecule has 0 aliphatic carbocycles. The Morgan fingerprint density at radius 3 is 3.14 bits per heavy atom. The van der Waals surface area contributed by atoms with Crippen LogP contribution >= 0.6 is 0 Å². The fourth-order valence-corrected chi connectivity index (χ4v) is 2.03. The third kappa shape index (κ3) is 2.63. The third-order valence-electron chi connectivity index (χ3n) is 3.04. The SMILES string of the molecule is N#CC(=CNc1ccc2c(cnn2CCO)c1)c1nn[nH]n1. The molecule has 0 spiro atoms. The lowest BCUT2D eigenvalue weighted by Gasteiger charge is -2.03. The summed E-state index contributed by atoms with van der Waals surface area (Å²) in [5.74, 6) is 0.229. The van der Waals surface area contributed by atoms with Gasteiger partial charge < -0.3 is 10.4 Å². The highest BCUT2D eigenvalue weighted by atomic mass is 16.3. The summed E-state index contributed by atoms with van der Waals surface area (Å²) in [6.45, 7) is 0.488. The first-order chi connectivity index (χ1) is 10.8. The van der Waals surface area contributed by atoms with Gasteiger partial charge in [-0.1, -0.05) is 0 Å². The topological polar surface area (TPSA) is 128 Å². The number of tetrazole rings is 1. The number of anilines is 1. The van der Waals surface area contributed by atoms with Gasteiger partial charge in [0.2, 0.25) is 5.82 Å². The van der Waals surface area contributed by atoms with E-state index >= 15 is 0 Å². The Hall–Kier alpha value is -3.25. The van der Waals surface area contributed by atoms with Crippen molar-refractivity contribution in [2.75, 3.05) is 11.9 Å². The van der Waals surface area contributed by atoms with Gasteiger partial charge in [0.1, 0.15) is 11.6 Å². The van der Waals surface area contributed by atoms with Crippen molar-refractivity contribution in [1.82, 2.24) is 30.4 Å². The minimum atomic E-state index is 0.0374. The summed E-state index contributed by atoms with van der Waals surface area (Å²) >= 11 is 0. The first kappa shape index (κ1) is 13.7. The van der Waals surface area contributed by atoms with Gasteiger partial charge in [-0.25, -0.2) is 0 Å². The zero-order valence-corrected chi connectivity index (χ0v) is 11.4. The molecule has 0 unspecified atom stereocenters. The number of nitrogens with one attached hydrogen (secondary N) is 2. The zero-order valence-electron chi connectivity index (χ0n) is 11.4. The van der Waals surface area contributed by atoms with Crippen molar-refractivity contribution in [3.05, 3.63) is 36.4 Å².